The zero-order valence-corrected chi connectivity index (χ0v) is 22.9. The number of hydrogen-bond donors (Lipinski definition) is 2. The van der Waals surface area contributed by atoms with Gasteiger partial charge in [-0.15, -0.1) is 16.4 Å². The van der Waals surface area contributed by atoms with Crippen molar-refractivity contribution in [1.82, 2.24) is 24.8 Å². The van der Waals surface area contributed by atoms with Crippen molar-refractivity contribution in [3.63, 3.8) is 0 Å². The van der Waals surface area contributed by atoms with E-state index >= 15 is 0 Å². The zero-order valence-electron chi connectivity index (χ0n) is 22.1. The molecule has 0 aliphatic carbocycles. The van der Waals surface area contributed by atoms with Gasteiger partial charge in [-0.3, -0.25) is 4.79 Å². The number of anilines is 1. The van der Waals surface area contributed by atoms with Gasteiger partial charge in [0.2, 0.25) is 5.91 Å². The quantitative estimate of drug-likeness (QED) is 0.493. The molecule has 1 aliphatic heterocycles. The number of rotatable bonds is 6. The van der Waals surface area contributed by atoms with E-state index < -0.39 is 0 Å². The minimum absolute atomic E-state index is 0.0171. The van der Waals surface area contributed by atoms with Gasteiger partial charge in [-0.2, -0.15) is 0 Å². The number of fused-ring (bicyclic) bond motifs is 1. The van der Waals surface area contributed by atoms with Gasteiger partial charge in [0.15, 0.2) is 0 Å². The molecule has 10 nitrogen and oxygen atoms in total. The summed E-state index contributed by atoms with van der Waals surface area (Å²) in [5.41, 5.74) is 2.64. The predicted octanol–water partition coefficient (Wildman–Crippen LogP) is 3.70. The third-order valence-electron chi connectivity index (χ3n) is 6.88. The fourth-order valence-corrected chi connectivity index (χ4v) is 5.21. The van der Waals surface area contributed by atoms with Gasteiger partial charge < -0.3 is 25.0 Å². The normalized spacial score (nSPS) is 19.7. The molecule has 11 heteroatoms. The fraction of sp³-hybridized carbons (Fsp3) is 0.481. The summed E-state index contributed by atoms with van der Waals surface area (Å²) < 4.78 is 8.07. The Kier molecular flexibility index (Phi) is 9.48. The number of benzene rings is 1. The van der Waals surface area contributed by atoms with Crippen molar-refractivity contribution in [1.29, 1.82) is 0 Å². The highest BCUT2D eigenvalue weighted by Crippen LogP contribution is 2.26. The van der Waals surface area contributed by atoms with Crippen LogP contribution in [0.5, 0.6) is 0 Å². The lowest BCUT2D eigenvalue weighted by Crippen LogP contribution is -2.48. The van der Waals surface area contributed by atoms with Crippen LogP contribution >= 0.6 is 11.3 Å². The molecule has 1 aromatic carbocycles. The highest BCUT2D eigenvalue weighted by Gasteiger charge is 2.29. The second kappa shape index (κ2) is 13.0. The first kappa shape index (κ1) is 27.7. The number of hydrogen-bond acceptors (Lipinski definition) is 7. The van der Waals surface area contributed by atoms with E-state index in [9.17, 15) is 14.7 Å². The number of amides is 3. The summed E-state index contributed by atoms with van der Waals surface area (Å²) in [6.07, 6.45) is 2.29. The van der Waals surface area contributed by atoms with Crippen LogP contribution in [-0.2, 0) is 22.7 Å². The third kappa shape index (κ3) is 6.97. The van der Waals surface area contributed by atoms with E-state index in [2.05, 4.69) is 21.7 Å². The molecule has 0 radical (unpaired) electrons. The van der Waals surface area contributed by atoms with Crippen molar-refractivity contribution >= 4 is 29.0 Å². The van der Waals surface area contributed by atoms with Crippen LogP contribution < -0.4 is 5.32 Å². The van der Waals surface area contributed by atoms with Crippen LogP contribution in [0.2, 0.25) is 0 Å². The molecule has 0 bridgehead atoms. The number of aliphatic hydroxyl groups excluding tert-OH is 1. The third-order valence-corrected chi connectivity index (χ3v) is 7.80. The Morgan fingerprint density at radius 1 is 1.32 bits per heavy atom. The van der Waals surface area contributed by atoms with Gasteiger partial charge >= 0.3 is 6.03 Å². The molecule has 4 rings (SSSR count). The standard InChI is InChI=1S/C27H36N6O4S/c1-19-15-32(20(2)17-34)26(35)7-4-12-33-23(14-28-30-33)18-37-24(19)16-31(3)27(36)29-22-10-8-21(9-11-22)25-6-5-13-38-25/h5-6,8-11,13-14,19-20,24,34H,4,7,12,15-18H2,1-3H3,(H,29,36)/t19-,20-,24+/m0/s1. The number of nitrogens with one attached hydrogen (secondary N) is 1. The van der Waals surface area contributed by atoms with Crippen LogP contribution in [0, 0.1) is 5.92 Å². The Hall–Kier alpha value is -3.28. The fourth-order valence-electron chi connectivity index (χ4n) is 4.48. The van der Waals surface area contributed by atoms with Gasteiger partial charge in [0.25, 0.3) is 0 Å². The molecule has 2 aromatic heterocycles. The highest BCUT2D eigenvalue weighted by atomic mass is 32.1. The Morgan fingerprint density at radius 2 is 2.11 bits per heavy atom. The molecular formula is C27H36N6O4S. The molecule has 0 saturated carbocycles. The number of likely N-dealkylation sites (N-methyl/N-ethyl adjacent to an activating group) is 1. The van der Waals surface area contributed by atoms with Crippen LogP contribution in [0.15, 0.2) is 48.0 Å². The van der Waals surface area contributed by atoms with Crippen molar-refractivity contribution < 1.29 is 19.4 Å². The molecule has 3 aromatic rings. The SMILES string of the molecule is C[C@H]1CN([C@@H](C)CO)C(=O)CCCn2nncc2CO[C@@H]1CN(C)C(=O)Nc1ccc(-c2cccs2)cc1. The van der Waals surface area contributed by atoms with Crippen molar-refractivity contribution in [2.24, 2.45) is 5.92 Å². The van der Waals surface area contributed by atoms with Crippen molar-refractivity contribution in [3.05, 3.63) is 53.7 Å². The number of carbonyl (C=O) groups excluding carboxylic acids is 2. The number of nitrogens with zero attached hydrogens (tertiary/aromatic N) is 5. The summed E-state index contributed by atoms with van der Waals surface area (Å²) in [5.74, 6) is -0.117. The molecule has 3 atom stereocenters. The van der Waals surface area contributed by atoms with Gasteiger partial charge in [-0.1, -0.05) is 30.3 Å². The summed E-state index contributed by atoms with van der Waals surface area (Å²) in [6, 6.07) is 11.3. The largest absolute Gasteiger partial charge is 0.394 e. The summed E-state index contributed by atoms with van der Waals surface area (Å²) >= 11 is 1.67. The molecule has 1 aliphatic rings. The zero-order chi connectivity index (χ0) is 27.1. The van der Waals surface area contributed by atoms with Gasteiger partial charge in [-0.25, -0.2) is 9.48 Å². The van der Waals surface area contributed by atoms with E-state index in [4.69, 9.17) is 4.74 Å². The van der Waals surface area contributed by atoms with E-state index in [1.54, 1.807) is 39.1 Å². The minimum atomic E-state index is -0.365. The minimum Gasteiger partial charge on any atom is -0.394 e. The van der Waals surface area contributed by atoms with Crippen molar-refractivity contribution in [2.45, 2.75) is 52.0 Å². The average molecular weight is 541 g/mol. The number of urea groups is 1. The maximum atomic E-state index is 13.1. The number of aromatic nitrogens is 3. The van der Waals surface area contributed by atoms with E-state index in [0.717, 1.165) is 11.3 Å². The number of thiophene rings is 1. The van der Waals surface area contributed by atoms with Crippen LogP contribution in [0.3, 0.4) is 0 Å². The van der Waals surface area contributed by atoms with Gasteiger partial charge in [0.1, 0.15) is 0 Å². The lowest BCUT2D eigenvalue weighted by molar-refractivity contribution is -0.136. The van der Waals surface area contributed by atoms with E-state index in [1.807, 2.05) is 49.6 Å². The second-order valence-corrected chi connectivity index (χ2v) is 10.8. The van der Waals surface area contributed by atoms with Gasteiger partial charge in [0.05, 0.1) is 37.3 Å². The molecule has 0 spiro atoms. The van der Waals surface area contributed by atoms with Crippen LogP contribution in [-0.4, -0.2) is 80.7 Å². The summed E-state index contributed by atoms with van der Waals surface area (Å²) in [5, 5.41) is 22.9. The number of ether oxygens (including phenoxy) is 1. The summed E-state index contributed by atoms with van der Waals surface area (Å²) in [4.78, 5) is 30.6. The van der Waals surface area contributed by atoms with Crippen LogP contribution in [0.25, 0.3) is 10.4 Å². The number of aliphatic hydroxyl groups is 1. The number of carbonyl (C=O) groups is 2. The molecule has 2 N–H and O–H groups in total. The van der Waals surface area contributed by atoms with Crippen LogP contribution in [0.4, 0.5) is 10.5 Å². The van der Waals surface area contributed by atoms with Gasteiger partial charge in [0, 0.05) is 49.6 Å². The van der Waals surface area contributed by atoms with Crippen LogP contribution in [0.1, 0.15) is 32.4 Å². The second-order valence-electron chi connectivity index (χ2n) is 9.82. The van der Waals surface area contributed by atoms with Crippen molar-refractivity contribution in [3.8, 4) is 10.4 Å². The molecule has 3 amide bonds. The molecule has 38 heavy (non-hydrogen) atoms. The monoisotopic (exact) mass is 540 g/mol. The first-order valence-electron chi connectivity index (χ1n) is 12.9. The maximum absolute atomic E-state index is 13.1. The number of aryl methyl sites for hydroxylation is 1. The lowest BCUT2D eigenvalue weighted by atomic mass is 10.0. The first-order valence-corrected chi connectivity index (χ1v) is 13.8. The molecule has 0 saturated heterocycles. The Bertz CT molecular complexity index is 1180. The van der Waals surface area contributed by atoms with E-state index in [0.29, 0.717) is 44.8 Å². The Morgan fingerprint density at radius 3 is 2.82 bits per heavy atom. The lowest BCUT2D eigenvalue weighted by Gasteiger charge is -2.35. The van der Waals surface area contributed by atoms with Crippen molar-refractivity contribution in [2.75, 3.05) is 32.1 Å². The molecule has 204 valence electrons. The predicted molar refractivity (Wildman–Crippen MR) is 147 cm³/mol. The topological polar surface area (TPSA) is 113 Å². The summed E-state index contributed by atoms with van der Waals surface area (Å²) in [7, 11) is 1.73. The molecular weight excluding hydrogens is 504 g/mol. The Balaban J connectivity index is 1.45. The smallest absolute Gasteiger partial charge is 0.321 e. The first-order chi connectivity index (χ1) is 18.4. The summed E-state index contributed by atoms with van der Waals surface area (Å²) in [6.45, 7) is 5.31. The molecule has 3 heterocycles. The van der Waals surface area contributed by atoms with E-state index in [-0.39, 0.29) is 36.6 Å². The molecule has 0 fully saturated rings. The van der Waals surface area contributed by atoms with Gasteiger partial charge in [-0.05, 0) is 42.5 Å². The molecule has 0 unspecified atom stereocenters. The Labute approximate surface area is 227 Å². The average Bonchev–Trinajstić information content (AvgIpc) is 3.61. The van der Waals surface area contributed by atoms with E-state index in [1.165, 1.54) is 4.88 Å². The maximum Gasteiger partial charge on any atom is 0.321 e. The highest BCUT2D eigenvalue weighted by molar-refractivity contribution is 7.13.